The molecule has 2 aromatic rings. The molecule has 1 heterocycles. The fourth-order valence-electron chi connectivity index (χ4n) is 1.04. The van der Waals surface area contributed by atoms with Crippen molar-refractivity contribution in [1.82, 2.24) is 10.2 Å². The second kappa shape index (κ2) is 4.27. The molecular formula is C7H3ClN3NaO2. The van der Waals surface area contributed by atoms with Gasteiger partial charge in [-0.1, -0.05) is 11.6 Å². The molecule has 1 aromatic carbocycles. The Morgan fingerprint density at radius 1 is 1.50 bits per heavy atom. The number of nitrogens with zero attached hydrogens (tertiary/aromatic N) is 3. The number of fused-ring (bicyclic) bond motifs is 1. The van der Waals surface area contributed by atoms with Crippen LogP contribution in [0.5, 0.6) is 0 Å². The number of nitro benzene ring substituents is 1. The van der Waals surface area contributed by atoms with Gasteiger partial charge in [0.05, 0.1) is 4.92 Å². The van der Waals surface area contributed by atoms with Crippen LogP contribution in [-0.4, -0.2) is 10.0 Å². The summed E-state index contributed by atoms with van der Waals surface area (Å²) in [6.45, 7) is 0. The molecule has 0 spiro atoms. The Balaban J connectivity index is 0.000000980. The van der Waals surface area contributed by atoms with Crippen molar-refractivity contribution >= 4 is 28.2 Å². The Bertz CT molecular complexity index is 485. The molecule has 1 aromatic heterocycles. The van der Waals surface area contributed by atoms with E-state index >= 15 is 0 Å². The topological polar surface area (TPSA) is 70.1 Å². The first kappa shape index (κ1) is 11.5. The summed E-state index contributed by atoms with van der Waals surface area (Å²) in [7, 11) is 0. The predicted octanol–water partition coefficient (Wildman–Crippen LogP) is -1.24. The van der Waals surface area contributed by atoms with E-state index in [0.717, 1.165) is 0 Å². The van der Waals surface area contributed by atoms with Crippen molar-refractivity contribution < 1.29 is 34.5 Å². The van der Waals surface area contributed by atoms with Gasteiger partial charge in [-0.3, -0.25) is 10.1 Å². The van der Waals surface area contributed by atoms with Gasteiger partial charge in [-0.2, -0.15) is 0 Å². The zero-order valence-corrected chi connectivity index (χ0v) is 10.0. The summed E-state index contributed by atoms with van der Waals surface area (Å²) in [4.78, 5) is 9.89. The minimum Gasteiger partial charge on any atom is -0.574 e. The molecule has 0 saturated heterocycles. The van der Waals surface area contributed by atoms with Crippen LogP contribution in [-0.2, 0) is 0 Å². The Kier molecular flexibility index (Phi) is 3.49. The van der Waals surface area contributed by atoms with Crippen LogP contribution in [0.4, 0.5) is 5.69 Å². The third-order valence-electron chi connectivity index (χ3n) is 1.66. The summed E-state index contributed by atoms with van der Waals surface area (Å²) < 4.78 is 0. The van der Waals surface area contributed by atoms with Crippen LogP contribution >= 0.6 is 11.6 Å². The van der Waals surface area contributed by atoms with Gasteiger partial charge < -0.3 is 10.2 Å². The monoisotopic (exact) mass is 219 g/mol. The summed E-state index contributed by atoms with van der Waals surface area (Å²) in [6, 6.07) is 4.25. The van der Waals surface area contributed by atoms with Gasteiger partial charge in [0, 0.05) is 12.1 Å². The van der Waals surface area contributed by atoms with Gasteiger partial charge in [0.2, 0.25) is 0 Å². The summed E-state index contributed by atoms with van der Waals surface area (Å²) in [5.41, 5.74) is 0.434. The third-order valence-corrected chi connectivity index (χ3v) is 1.94. The molecule has 7 heteroatoms. The quantitative estimate of drug-likeness (QED) is 0.342. The molecule has 0 aliphatic carbocycles. The molecule has 0 bridgehead atoms. The smallest absolute Gasteiger partial charge is 0.574 e. The number of hydrogen-bond acceptors (Lipinski definition) is 3. The summed E-state index contributed by atoms with van der Waals surface area (Å²) in [6.07, 6.45) is 0. The molecule has 0 unspecified atom stereocenters. The van der Waals surface area contributed by atoms with Crippen molar-refractivity contribution in [3.05, 3.63) is 33.5 Å². The van der Waals surface area contributed by atoms with Crippen molar-refractivity contribution in [2.75, 3.05) is 0 Å². The average Bonchev–Trinajstić information content (AvgIpc) is 2.47. The second-order valence-corrected chi connectivity index (χ2v) is 2.81. The minimum atomic E-state index is -0.484. The van der Waals surface area contributed by atoms with Crippen molar-refractivity contribution in [2.45, 2.75) is 0 Å². The molecule has 0 N–H and O–H groups in total. The summed E-state index contributed by atoms with van der Waals surface area (Å²) >= 11 is 5.66. The fraction of sp³-hybridized carbons (Fsp3) is 0. The number of rotatable bonds is 1. The molecule has 14 heavy (non-hydrogen) atoms. The van der Waals surface area contributed by atoms with E-state index in [1.54, 1.807) is 0 Å². The number of hydrogen-bond donors (Lipinski definition) is 0. The first-order valence-electron chi connectivity index (χ1n) is 3.41. The number of halogens is 1. The van der Waals surface area contributed by atoms with Crippen LogP contribution in [0.2, 0.25) is 5.15 Å². The van der Waals surface area contributed by atoms with Crippen LogP contribution < -0.4 is 34.7 Å². The number of non-ortho nitro benzene ring substituents is 1. The van der Waals surface area contributed by atoms with Crippen molar-refractivity contribution in [1.29, 1.82) is 0 Å². The molecule has 0 aliphatic heterocycles. The van der Waals surface area contributed by atoms with Crippen LogP contribution in [0.15, 0.2) is 18.2 Å². The fourth-order valence-corrected chi connectivity index (χ4v) is 1.24. The molecule has 2 rings (SSSR count). The van der Waals surface area contributed by atoms with E-state index in [0.29, 0.717) is 10.9 Å². The maximum Gasteiger partial charge on any atom is 1.00 e. The molecule has 5 nitrogen and oxygen atoms in total. The third kappa shape index (κ3) is 1.90. The molecule has 0 radical (unpaired) electrons. The molecule has 0 aliphatic rings. The first-order chi connectivity index (χ1) is 6.18. The van der Waals surface area contributed by atoms with Gasteiger partial charge in [-0.05, 0) is 11.5 Å². The van der Waals surface area contributed by atoms with Gasteiger partial charge in [0.15, 0.2) is 0 Å². The Labute approximate surface area is 106 Å². The Morgan fingerprint density at radius 3 is 2.86 bits per heavy atom. The van der Waals surface area contributed by atoms with E-state index in [-0.39, 0.29) is 40.4 Å². The van der Waals surface area contributed by atoms with Crippen LogP contribution in [0.3, 0.4) is 0 Å². The van der Waals surface area contributed by atoms with E-state index in [1.165, 1.54) is 18.2 Å². The number of nitro groups is 1. The maximum atomic E-state index is 10.4. The molecular weight excluding hydrogens is 217 g/mol. The zero-order chi connectivity index (χ0) is 9.42. The maximum absolute atomic E-state index is 10.4. The second-order valence-electron chi connectivity index (χ2n) is 2.45. The number of benzene rings is 1. The Hall–Kier alpha value is -0.620. The molecule has 0 amide bonds. The predicted molar refractivity (Wildman–Crippen MR) is 46.7 cm³/mol. The van der Waals surface area contributed by atoms with E-state index in [9.17, 15) is 10.1 Å². The summed E-state index contributed by atoms with van der Waals surface area (Å²) in [5.74, 6) is 0. The van der Waals surface area contributed by atoms with Crippen LogP contribution in [0, 0.1) is 10.1 Å². The van der Waals surface area contributed by atoms with Crippen LogP contribution in [0.25, 0.3) is 10.9 Å². The zero-order valence-electron chi connectivity index (χ0n) is 7.27. The van der Waals surface area contributed by atoms with Gasteiger partial charge in [-0.25, -0.2) is 0 Å². The van der Waals surface area contributed by atoms with Crippen molar-refractivity contribution in [2.24, 2.45) is 0 Å². The van der Waals surface area contributed by atoms with Crippen molar-refractivity contribution in [3.8, 4) is 0 Å². The molecule has 0 fully saturated rings. The standard InChI is InChI=1S/C7H3ClN3O2.Na/c8-7-5-2-1-4(11(12)13)3-6(5)9-10-7;/h1-3H;/q-1;+1. The van der Waals surface area contributed by atoms with E-state index < -0.39 is 4.92 Å². The largest absolute Gasteiger partial charge is 1.00 e. The minimum absolute atomic E-state index is 0. The van der Waals surface area contributed by atoms with E-state index in [1.807, 2.05) is 0 Å². The van der Waals surface area contributed by atoms with E-state index in [4.69, 9.17) is 11.6 Å². The average molecular weight is 220 g/mol. The van der Waals surface area contributed by atoms with Crippen molar-refractivity contribution in [3.63, 3.8) is 0 Å². The molecule has 0 saturated carbocycles. The molecule has 66 valence electrons. The molecule has 0 atom stereocenters. The first-order valence-corrected chi connectivity index (χ1v) is 3.79. The SMILES string of the molecule is O=[N+]([O-])c1ccc2c(Cl)n[n-]c2c1.[Na+]. The van der Waals surface area contributed by atoms with Crippen LogP contribution in [0.1, 0.15) is 0 Å². The normalized spacial score (nSPS) is 9.79. The summed E-state index contributed by atoms with van der Waals surface area (Å²) in [5, 5.41) is 18.5. The van der Waals surface area contributed by atoms with Gasteiger partial charge in [-0.15, -0.1) is 5.52 Å². The van der Waals surface area contributed by atoms with Gasteiger partial charge >= 0.3 is 29.6 Å². The Morgan fingerprint density at radius 2 is 2.21 bits per heavy atom. The van der Waals surface area contributed by atoms with Gasteiger partial charge in [0.1, 0.15) is 5.15 Å². The number of aromatic nitrogens is 2. The van der Waals surface area contributed by atoms with Gasteiger partial charge in [0.25, 0.3) is 5.69 Å². The van der Waals surface area contributed by atoms with E-state index in [2.05, 4.69) is 10.2 Å².